The lowest BCUT2D eigenvalue weighted by Crippen LogP contribution is -2.42. The Morgan fingerprint density at radius 3 is 2.75 bits per heavy atom. The lowest BCUT2D eigenvalue weighted by atomic mass is 10.2. The molecule has 2 aromatic heterocycles. The van der Waals surface area contributed by atoms with Gasteiger partial charge in [-0.2, -0.15) is 0 Å². The molecule has 1 aliphatic heterocycles. The fourth-order valence-corrected chi connectivity index (χ4v) is 4.96. The van der Waals surface area contributed by atoms with E-state index in [1.165, 1.54) is 9.75 Å². The molecule has 0 amide bonds. The van der Waals surface area contributed by atoms with Crippen molar-refractivity contribution in [3.63, 3.8) is 0 Å². The van der Waals surface area contributed by atoms with Crippen LogP contribution in [0.3, 0.4) is 0 Å². The van der Waals surface area contributed by atoms with Crippen LogP contribution in [0.4, 0.5) is 0 Å². The molecule has 1 saturated heterocycles. The van der Waals surface area contributed by atoms with Crippen LogP contribution < -0.4 is 5.32 Å². The molecule has 1 unspecified atom stereocenters. The van der Waals surface area contributed by atoms with E-state index in [9.17, 15) is 0 Å². The fraction of sp³-hybridized carbons (Fsp3) is 0.600. The molecule has 1 N–H and O–H groups in total. The van der Waals surface area contributed by atoms with E-state index in [-0.39, 0.29) is 0 Å². The van der Waals surface area contributed by atoms with Gasteiger partial charge in [0.1, 0.15) is 0 Å². The van der Waals surface area contributed by atoms with Crippen LogP contribution in [0.25, 0.3) is 0 Å². The number of morpholine rings is 1. The molecule has 3 heterocycles. The van der Waals surface area contributed by atoms with Gasteiger partial charge in [0.2, 0.25) is 0 Å². The van der Waals surface area contributed by atoms with E-state index in [1.54, 1.807) is 11.3 Å². The van der Waals surface area contributed by atoms with Gasteiger partial charge >= 0.3 is 0 Å². The number of aromatic nitrogens is 1. The van der Waals surface area contributed by atoms with Crippen molar-refractivity contribution in [1.29, 1.82) is 0 Å². The Morgan fingerprint density at radius 1 is 1.36 bits per heavy atom. The maximum Gasteiger partial charge on any atom is 0.194 e. The Kier molecular flexibility index (Phi) is 7.84. The van der Waals surface area contributed by atoms with Crippen molar-refractivity contribution in [1.82, 2.24) is 20.1 Å². The first-order chi connectivity index (χ1) is 13.6. The molecule has 0 radical (unpaired) electrons. The summed E-state index contributed by atoms with van der Waals surface area (Å²) in [5.74, 6) is 0.930. The highest BCUT2D eigenvalue weighted by atomic mass is 32.1. The molecule has 0 spiro atoms. The third-order valence-corrected chi connectivity index (χ3v) is 6.68. The zero-order valence-corrected chi connectivity index (χ0v) is 18.9. The number of nitrogens with zero attached hydrogens (tertiary/aromatic N) is 4. The summed E-state index contributed by atoms with van der Waals surface area (Å²) in [6.45, 7) is 12.2. The molecule has 154 valence electrons. The zero-order valence-electron chi connectivity index (χ0n) is 17.3. The van der Waals surface area contributed by atoms with Crippen LogP contribution in [0.1, 0.15) is 33.4 Å². The first-order valence-corrected chi connectivity index (χ1v) is 11.5. The molecule has 2 aromatic rings. The van der Waals surface area contributed by atoms with E-state index in [0.717, 1.165) is 62.6 Å². The summed E-state index contributed by atoms with van der Waals surface area (Å²) >= 11 is 3.57. The second-order valence-corrected chi connectivity index (χ2v) is 9.40. The minimum atomic E-state index is 0.297. The van der Waals surface area contributed by atoms with Crippen molar-refractivity contribution in [2.24, 2.45) is 4.99 Å². The van der Waals surface area contributed by atoms with Crippen molar-refractivity contribution in [2.75, 3.05) is 46.4 Å². The first kappa shape index (κ1) is 21.2. The smallest absolute Gasteiger partial charge is 0.194 e. The highest BCUT2D eigenvalue weighted by molar-refractivity contribution is 7.12. The summed E-state index contributed by atoms with van der Waals surface area (Å²) in [6.07, 6.45) is 0. The third-order valence-electron chi connectivity index (χ3n) is 4.75. The lowest BCUT2D eigenvalue weighted by molar-refractivity contribution is 0.0186. The highest BCUT2D eigenvalue weighted by Gasteiger charge is 2.24. The number of rotatable bonds is 7. The predicted molar refractivity (Wildman–Crippen MR) is 118 cm³/mol. The Hall–Kier alpha value is -1.48. The van der Waals surface area contributed by atoms with Gasteiger partial charge in [-0.1, -0.05) is 0 Å². The Labute approximate surface area is 176 Å². The van der Waals surface area contributed by atoms with Crippen LogP contribution >= 0.6 is 22.7 Å². The maximum atomic E-state index is 5.56. The number of aliphatic imine (C=N–C) groups is 1. The average molecular weight is 422 g/mol. The molecule has 1 atom stereocenters. The summed E-state index contributed by atoms with van der Waals surface area (Å²) < 4.78 is 5.56. The molecule has 1 aliphatic rings. The van der Waals surface area contributed by atoms with Gasteiger partial charge in [-0.3, -0.25) is 9.89 Å². The molecule has 0 aromatic carbocycles. The van der Waals surface area contributed by atoms with Crippen molar-refractivity contribution in [3.05, 3.63) is 38.0 Å². The molecule has 0 aliphatic carbocycles. The Morgan fingerprint density at radius 2 is 2.14 bits per heavy atom. The lowest BCUT2D eigenvalue weighted by Gasteiger charge is -2.33. The topological polar surface area (TPSA) is 53.0 Å². The molecule has 0 saturated carbocycles. The molecule has 28 heavy (non-hydrogen) atoms. The van der Waals surface area contributed by atoms with Gasteiger partial charge < -0.3 is 15.0 Å². The monoisotopic (exact) mass is 421 g/mol. The van der Waals surface area contributed by atoms with Gasteiger partial charge in [-0.05, 0) is 32.9 Å². The van der Waals surface area contributed by atoms with Crippen LogP contribution in [-0.4, -0.2) is 67.2 Å². The van der Waals surface area contributed by atoms with Gasteiger partial charge in [0.15, 0.2) is 5.96 Å². The standard InChI is InChI=1S/C20H31N5OS2/c1-5-21-20(24(4)13-17-14-27-16(3)23-17)22-12-18(19-7-6-15(2)28-19)25-8-10-26-11-9-25/h6-7,14,18H,5,8-13H2,1-4H3,(H,21,22). The number of aryl methyl sites for hydroxylation is 2. The Balaban J connectivity index is 1.74. The number of guanidine groups is 1. The van der Waals surface area contributed by atoms with Crippen molar-refractivity contribution in [2.45, 2.75) is 33.4 Å². The molecule has 0 bridgehead atoms. The highest BCUT2D eigenvalue weighted by Crippen LogP contribution is 2.28. The minimum absolute atomic E-state index is 0.297. The molecule has 1 fully saturated rings. The summed E-state index contributed by atoms with van der Waals surface area (Å²) in [5, 5.41) is 6.66. The van der Waals surface area contributed by atoms with Gasteiger partial charge in [0.25, 0.3) is 0 Å². The largest absolute Gasteiger partial charge is 0.379 e. The minimum Gasteiger partial charge on any atom is -0.379 e. The van der Waals surface area contributed by atoms with E-state index in [1.807, 2.05) is 18.3 Å². The van der Waals surface area contributed by atoms with Crippen molar-refractivity contribution >= 4 is 28.6 Å². The number of thiophene rings is 1. The van der Waals surface area contributed by atoms with Crippen LogP contribution in [0.15, 0.2) is 22.5 Å². The normalized spacial score (nSPS) is 16.9. The summed E-state index contributed by atoms with van der Waals surface area (Å²) in [5.41, 5.74) is 1.09. The number of hydrogen-bond acceptors (Lipinski definition) is 6. The van der Waals surface area contributed by atoms with Crippen molar-refractivity contribution < 1.29 is 4.74 Å². The first-order valence-electron chi connectivity index (χ1n) is 9.85. The van der Waals surface area contributed by atoms with Crippen LogP contribution in [0.2, 0.25) is 0 Å². The third kappa shape index (κ3) is 5.76. The summed E-state index contributed by atoms with van der Waals surface area (Å²) in [7, 11) is 2.08. The van der Waals surface area contributed by atoms with Crippen molar-refractivity contribution in [3.8, 4) is 0 Å². The second-order valence-electron chi connectivity index (χ2n) is 7.02. The van der Waals surface area contributed by atoms with Crippen LogP contribution in [0, 0.1) is 13.8 Å². The van der Waals surface area contributed by atoms with E-state index < -0.39 is 0 Å². The Bertz CT molecular complexity index is 766. The molecule has 3 rings (SSSR count). The fourth-order valence-electron chi connectivity index (χ4n) is 3.35. The van der Waals surface area contributed by atoms with Gasteiger partial charge in [0.05, 0.1) is 43.0 Å². The SMILES string of the molecule is CCNC(=NCC(c1ccc(C)s1)N1CCOCC1)N(C)Cc1csc(C)n1. The van der Waals surface area contributed by atoms with E-state index in [4.69, 9.17) is 9.73 Å². The molecular weight excluding hydrogens is 390 g/mol. The van der Waals surface area contributed by atoms with Gasteiger partial charge in [-0.25, -0.2) is 4.98 Å². The predicted octanol–water partition coefficient (Wildman–Crippen LogP) is 3.29. The number of hydrogen-bond donors (Lipinski definition) is 1. The van der Waals surface area contributed by atoms with E-state index >= 15 is 0 Å². The number of ether oxygens (including phenoxy) is 1. The number of nitrogens with one attached hydrogen (secondary N) is 1. The van der Waals surface area contributed by atoms with Crippen LogP contribution in [0.5, 0.6) is 0 Å². The maximum absolute atomic E-state index is 5.56. The van der Waals surface area contributed by atoms with E-state index in [2.05, 4.69) is 58.5 Å². The summed E-state index contributed by atoms with van der Waals surface area (Å²) in [6, 6.07) is 4.76. The van der Waals surface area contributed by atoms with Gasteiger partial charge in [0, 0.05) is 41.8 Å². The quantitative estimate of drug-likeness (QED) is 0.549. The number of thiazole rings is 1. The van der Waals surface area contributed by atoms with E-state index in [0.29, 0.717) is 6.04 Å². The average Bonchev–Trinajstić information content (AvgIpc) is 3.30. The summed E-state index contributed by atoms with van der Waals surface area (Å²) in [4.78, 5) is 17.0. The molecular formula is C20H31N5OS2. The zero-order chi connectivity index (χ0) is 19.9. The molecule has 6 nitrogen and oxygen atoms in total. The second kappa shape index (κ2) is 10.3. The molecule has 8 heteroatoms. The van der Waals surface area contributed by atoms with Gasteiger partial charge in [-0.15, -0.1) is 22.7 Å². The van der Waals surface area contributed by atoms with Crippen LogP contribution in [-0.2, 0) is 11.3 Å².